The zero-order valence-corrected chi connectivity index (χ0v) is 10.2. The van der Waals surface area contributed by atoms with Gasteiger partial charge in [0.15, 0.2) is 0 Å². The van der Waals surface area contributed by atoms with Crippen LogP contribution >= 0.6 is 0 Å². The molecule has 0 bridgehead atoms. The predicted octanol–water partition coefficient (Wildman–Crippen LogP) is 1.61. The third kappa shape index (κ3) is 2.48. The molecule has 1 N–H and O–H groups in total. The van der Waals surface area contributed by atoms with Crippen molar-refractivity contribution in [3.05, 3.63) is 0 Å². The Bertz CT molecular complexity index is 257. The average Bonchev–Trinajstić information content (AvgIpc) is 2.89. The fraction of sp³-hybridized carbons (Fsp3) is 0.917. The Morgan fingerprint density at radius 2 is 2.19 bits per heavy atom. The minimum atomic E-state index is -0.191. The van der Waals surface area contributed by atoms with Crippen molar-refractivity contribution in [2.45, 2.75) is 44.7 Å². The molecule has 16 heavy (non-hydrogen) atoms. The van der Waals surface area contributed by atoms with Crippen LogP contribution in [0.2, 0.25) is 0 Å². The predicted molar refractivity (Wildman–Crippen MR) is 62.3 cm³/mol. The Morgan fingerprint density at radius 1 is 1.38 bits per heavy atom. The van der Waals surface area contributed by atoms with Gasteiger partial charge in [-0.25, -0.2) is 4.79 Å². The summed E-state index contributed by atoms with van der Waals surface area (Å²) in [5.74, 6) is 0.784. The Hall–Kier alpha value is -0.770. The molecular weight excluding hydrogens is 204 g/mol. The molecule has 3 atom stereocenters. The number of likely N-dealkylation sites (tertiary alicyclic amines) is 1. The van der Waals surface area contributed by atoms with Gasteiger partial charge in [0.25, 0.3) is 0 Å². The molecule has 4 nitrogen and oxygen atoms in total. The molecule has 0 aromatic heterocycles. The summed E-state index contributed by atoms with van der Waals surface area (Å²) in [5.41, 5.74) is 0. The number of methoxy groups -OCH3 is 1. The Morgan fingerprint density at radius 3 is 2.81 bits per heavy atom. The van der Waals surface area contributed by atoms with E-state index in [1.54, 1.807) is 4.90 Å². The van der Waals surface area contributed by atoms with Gasteiger partial charge in [-0.15, -0.1) is 0 Å². The second-order valence-electron chi connectivity index (χ2n) is 5.08. The van der Waals surface area contributed by atoms with Gasteiger partial charge in [-0.1, -0.05) is 13.3 Å². The minimum Gasteiger partial charge on any atom is -0.453 e. The highest BCUT2D eigenvalue weighted by Crippen LogP contribution is 2.26. The standard InChI is InChI=1S/C12H22N2O2/c1-9-4-3-5-11(9)13-10-6-7-14(8-10)12(15)16-2/h9-11,13H,3-8H2,1-2H3. The number of carbonyl (C=O) groups excluding carboxylic acids is 1. The Kier molecular flexibility index (Phi) is 3.69. The average molecular weight is 226 g/mol. The quantitative estimate of drug-likeness (QED) is 0.777. The van der Waals surface area contributed by atoms with E-state index in [0.717, 1.165) is 25.4 Å². The van der Waals surface area contributed by atoms with Crippen molar-refractivity contribution >= 4 is 6.09 Å². The van der Waals surface area contributed by atoms with E-state index in [-0.39, 0.29) is 6.09 Å². The molecule has 4 heteroatoms. The molecule has 0 aromatic rings. The highest BCUT2D eigenvalue weighted by atomic mass is 16.5. The molecule has 1 heterocycles. The zero-order valence-electron chi connectivity index (χ0n) is 10.2. The SMILES string of the molecule is COC(=O)N1CCC(NC2CCCC2C)C1. The molecule has 1 amide bonds. The summed E-state index contributed by atoms with van der Waals surface area (Å²) in [6.45, 7) is 3.94. The number of nitrogens with zero attached hydrogens (tertiary/aromatic N) is 1. The summed E-state index contributed by atoms with van der Waals surface area (Å²) < 4.78 is 4.73. The lowest BCUT2D eigenvalue weighted by atomic mass is 10.1. The fourth-order valence-corrected chi connectivity index (χ4v) is 2.89. The van der Waals surface area contributed by atoms with Crippen LogP contribution in [0.3, 0.4) is 0 Å². The van der Waals surface area contributed by atoms with Crippen LogP contribution in [0.25, 0.3) is 0 Å². The molecule has 1 saturated carbocycles. The molecule has 2 rings (SSSR count). The van der Waals surface area contributed by atoms with Crippen LogP contribution in [0, 0.1) is 5.92 Å². The van der Waals surface area contributed by atoms with E-state index in [2.05, 4.69) is 12.2 Å². The van der Waals surface area contributed by atoms with Crippen LogP contribution in [0.1, 0.15) is 32.6 Å². The first-order chi connectivity index (χ1) is 7.70. The second kappa shape index (κ2) is 5.04. The lowest BCUT2D eigenvalue weighted by Crippen LogP contribution is -2.42. The van der Waals surface area contributed by atoms with E-state index in [4.69, 9.17) is 4.74 Å². The summed E-state index contributed by atoms with van der Waals surface area (Å²) in [5, 5.41) is 3.69. The van der Waals surface area contributed by atoms with Crippen molar-refractivity contribution in [1.82, 2.24) is 10.2 Å². The van der Waals surface area contributed by atoms with E-state index < -0.39 is 0 Å². The number of carbonyl (C=O) groups is 1. The number of nitrogens with one attached hydrogen (secondary N) is 1. The van der Waals surface area contributed by atoms with Gasteiger partial charge in [-0.05, 0) is 25.2 Å². The van der Waals surface area contributed by atoms with Crippen LogP contribution in [-0.4, -0.2) is 43.3 Å². The van der Waals surface area contributed by atoms with Gasteiger partial charge in [0.2, 0.25) is 0 Å². The highest BCUT2D eigenvalue weighted by Gasteiger charge is 2.31. The first kappa shape index (κ1) is 11.7. The number of ether oxygens (including phenoxy) is 1. The molecule has 1 aliphatic carbocycles. The normalized spacial score (nSPS) is 34.4. The summed E-state index contributed by atoms with van der Waals surface area (Å²) in [6, 6.07) is 1.12. The number of amides is 1. The van der Waals surface area contributed by atoms with Crippen molar-refractivity contribution in [2.24, 2.45) is 5.92 Å². The van der Waals surface area contributed by atoms with E-state index in [1.165, 1.54) is 26.4 Å². The first-order valence-electron chi connectivity index (χ1n) is 6.29. The summed E-state index contributed by atoms with van der Waals surface area (Å²) >= 11 is 0. The first-order valence-corrected chi connectivity index (χ1v) is 6.29. The van der Waals surface area contributed by atoms with Gasteiger partial charge in [0.05, 0.1) is 7.11 Å². The smallest absolute Gasteiger partial charge is 0.409 e. The molecule has 0 radical (unpaired) electrons. The number of hydrogen-bond donors (Lipinski definition) is 1. The third-order valence-electron chi connectivity index (χ3n) is 3.93. The van der Waals surface area contributed by atoms with Crippen molar-refractivity contribution < 1.29 is 9.53 Å². The number of hydrogen-bond acceptors (Lipinski definition) is 3. The zero-order chi connectivity index (χ0) is 11.5. The minimum absolute atomic E-state index is 0.191. The van der Waals surface area contributed by atoms with Crippen LogP contribution in [0.5, 0.6) is 0 Å². The van der Waals surface area contributed by atoms with Crippen LogP contribution in [0.15, 0.2) is 0 Å². The summed E-state index contributed by atoms with van der Waals surface area (Å²) in [7, 11) is 1.45. The maximum atomic E-state index is 11.3. The van der Waals surface area contributed by atoms with Crippen molar-refractivity contribution in [3.63, 3.8) is 0 Å². The second-order valence-corrected chi connectivity index (χ2v) is 5.08. The van der Waals surface area contributed by atoms with Crippen LogP contribution in [0.4, 0.5) is 4.79 Å². The molecular formula is C12H22N2O2. The molecule has 0 spiro atoms. The summed E-state index contributed by atoms with van der Waals surface area (Å²) in [6.07, 6.45) is 4.83. The molecule has 1 saturated heterocycles. The van der Waals surface area contributed by atoms with Gasteiger partial charge in [-0.2, -0.15) is 0 Å². The highest BCUT2D eigenvalue weighted by molar-refractivity contribution is 5.67. The van der Waals surface area contributed by atoms with Gasteiger partial charge in [-0.3, -0.25) is 0 Å². The fourth-order valence-electron chi connectivity index (χ4n) is 2.89. The lowest BCUT2D eigenvalue weighted by Gasteiger charge is -2.22. The molecule has 2 fully saturated rings. The maximum absolute atomic E-state index is 11.3. The monoisotopic (exact) mass is 226 g/mol. The molecule has 0 aromatic carbocycles. The van der Waals surface area contributed by atoms with Crippen molar-refractivity contribution in [2.75, 3.05) is 20.2 Å². The Balaban J connectivity index is 1.78. The molecule has 2 aliphatic rings. The maximum Gasteiger partial charge on any atom is 0.409 e. The van der Waals surface area contributed by atoms with Crippen LogP contribution in [-0.2, 0) is 4.74 Å². The van der Waals surface area contributed by atoms with Gasteiger partial charge >= 0.3 is 6.09 Å². The summed E-state index contributed by atoms with van der Waals surface area (Å²) in [4.78, 5) is 13.1. The molecule has 92 valence electrons. The largest absolute Gasteiger partial charge is 0.453 e. The van der Waals surface area contributed by atoms with Crippen molar-refractivity contribution in [3.8, 4) is 0 Å². The van der Waals surface area contributed by atoms with Gasteiger partial charge < -0.3 is 15.0 Å². The van der Waals surface area contributed by atoms with Crippen LogP contribution < -0.4 is 5.32 Å². The van der Waals surface area contributed by atoms with Crippen molar-refractivity contribution in [1.29, 1.82) is 0 Å². The topological polar surface area (TPSA) is 41.6 Å². The van der Waals surface area contributed by atoms with Gasteiger partial charge in [0, 0.05) is 25.2 Å². The van der Waals surface area contributed by atoms with E-state index in [9.17, 15) is 4.79 Å². The molecule has 1 aliphatic heterocycles. The van der Waals surface area contributed by atoms with E-state index >= 15 is 0 Å². The molecule has 3 unspecified atom stereocenters. The van der Waals surface area contributed by atoms with E-state index in [0.29, 0.717) is 12.1 Å². The lowest BCUT2D eigenvalue weighted by molar-refractivity contribution is 0.132. The Labute approximate surface area is 97.3 Å². The third-order valence-corrected chi connectivity index (χ3v) is 3.93. The van der Waals surface area contributed by atoms with E-state index in [1.807, 2.05) is 0 Å². The van der Waals surface area contributed by atoms with Gasteiger partial charge in [0.1, 0.15) is 0 Å². The number of rotatable bonds is 2.